The van der Waals surface area contributed by atoms with E-state index in [0.717, 1.165) is 4.90 Å². The molecule has 3 aromatic carbocycles. The summed E-state index contributed by atoms with van der Waals surface area (Å²) in [7, 11) is 0. The van der Waals surface area contributed by atoms with Gasteiger partial charge in [0.25, 0.3) is 0 Å². The number of carbonyl (C=O) groups is 3. The van der Waals surface area contributed by atoms with Crippen molar-refractivity contribution in [2.45, 2.75) is 17.1 Å². The lowest BCUT2D eigenvalue weighted by Crippen LogP contribution is -2.22. The lowest BCUT2D eigenvalue weighted by molar-refractivity contribution is -0.115. The molecule has 0 heterocycles. The first-order valence-electron chi connectivity index (χ1n) is 9.55. The lowest BCUT2D eigenvalue weighted by Gasteiger charge is -2.14. The maximum atomic E-state index is 12.5. The molecule has 9 heteroatoms. The van der Waals surface area contributed by atoms with Crippen LogP contribution < -0.4 is 16.0 Å². The Balaban J connectivity index is 1.55. The first kappa shape index (κ1) is 23.2. The normalized spacial score (nSPS) is 11.3. The van der Waals surface area contributed by atoms with Crippen LogP contribution in [0.4, 0.5) is 21.9 Å². The molecule has 0 saturated heterocycles. The Labute approximate surface area is 194 Å². The second-order valence-corrected chi connectivity index (χ2v) is 8.54. The Kier molecular flexibility index (Phi) is 7.75. The standard InChI is InChI=1S/C23H20ClN3O4S/c1-14(21(28)27-20-13-15(22(29)30)7-12-19(20)24)32-18-10-8-17(9-11-18)26-23(31)25-16-5-3-2-4-6-16/h2-14H,1H3,(H,27,28)(H,29,30)(H2,25,26,31). The summed E-state index contributed by atoms with van der Waals surface area (Å²) in [4.78, 5) is 36.6. The smallest absolute Gasteiger partial charge is 0.335 e. The topological polar surface area (TPSA) is 108 Å². The molecule has 1 atom stereocenters. The molecule has 0 bridgehead atoms. The molecule has 0 aliphatic heterocycles. The summed E-state index contributed by atoms with van der Waals surface area (Å²) in [5, 5.41) is 17.0. The van der Waals surface area contributed by atoms with Crippen LogP contribution in [0.25, 0.3) is 0 Å². The molecule has 0 aliphatic rings. The summed E-state index contributed by atoms with van der Waals surface area (Å²) in [5.41, 5.74) is 1.57. The summed E-state index contributed by atoms with van der Waals surface area (Å²) < 4.78 is 0. The van der Waals surface area contributed by atoms with Gasteiger partial charge in [-0.1, -0.05) is 29.8 Å². The zero-order valence-electron chi connectivity index (χ0n) is 17.0. The van der Waals surface area contributed by atoms with Crippen molar-refractivity contribution < 1.29 is 19.5 Å². The van der Waals surface area contributed by atoms with Gasteiger partial charge >= 0.3 is 12.0 Å². The Hall–Kier alpha value is -3.49. The first-order chi connectivity index (χ1) is 15.3. The summed E-state index contributed by atoms with van der Waals surface area (Å²) in [5.74, 6) is -1.42. The molecule has 3 aromatic rings. The monoisotopic (exact) mass is 469 g/mol. The molecule has 32 heavy (non-hydrogen) atoms. The molecule has 0 spiro atoms. The Morgan fingerprint density at radius 1 is 0.875 bits per heavy atom. The number of amides is 3. The number of carboxylic acids is 1. The molecule has 1 unspecified atom stereocenters. The number of hydrogen-bond acceptors (Lipinski definition) is 4. The van der Waals surface area contributed by atoms with Crippen molar-refractivity contribution in [2.24, 2.45) is 0 Å². The first-order valence-corrected chi connectivity index (χ1v) is 10.8. The Morgan fingerprint density at radius 3 is 2.12 bits per heavy atom. The van der Waals surface area contributed by atoms with Gasteiger partial charge in [-0.25, -0.2) is 9.59 Å². The molecule has 7 nitrogen and oxygen atoms in total. The van der Waals surface area contributed by atoms with Gasteiger partial charge in [0.1, 0.15) is 0 Å². The highest BCUT2D eigenvalue weighted by Crippen LogP contribution is 2.28. The van der Waals surface area contributed by atoms with E-state index in [9.17, 15) is 14.4 Å². The van der Waals surface area contributed by atoms with E-state index < -0.39 is 11.2 Å². The van der Waals surface area contributed by atoms with Gasteiger partial charge in [-0.05, 0) is 61.5 Å². The third-order valence-corrected chi connectivity index (χ3v) is 5.74. The number of rotatable bonds is 7. The average Bonchev–Trinajstić information content (AvgIpc) is 2.77. The molecule has 3 rings (SSSR count). The number of aromatic carboxylic acids is 1. The van der Waals surface area contributed by atoms with Gasteiger partial charge in [0.05, 0.1) is 21.5 Å². The minimum Gasteiger partial charge on any atom is -0.478 e. The fourth-order valence-corrected chi connectivity index (χ4v) is 3.71. The number of anilines is 3. The number of hydrogen-bond donors (Lipinski definition) is 4. The molecule has 0 aromatic heterocycles. The van der Waals surface area contributed by atoms with E-state index in [1.54, 1.807) is 43.3 Å². The van der Waals surface area contributed by atoms with Crippen LogP contribution in [0.15, 0.2) is 77.7 Å². The zero-order chi connectivity index (χ0) is 23.1. The van der Waals surface area contributed by atoms with Crippen molar-refractivity contribution >= 4 is 58.3 Å². The minimum absolute atomic E-state index is 0.0318. The van der Waals surface area contributed by atoms with Gasteiger partial charge in [0, 0.05) is 16.3 Å². The highest BCUT2D eigenvalue weighted by atomic mass is 35.5. The zero-order valence-corrected chi connectivity index (χ0v) is 18.5. The molecule has 4 N–H and O–H groups in total. The van der Waals surface area contributed by atoms with E-state index in [-0.39, 0.29) is 28.2 Å². The van der Waals surface area contributed by atoms with Crippen LogP contribution in [-0.2, 0) is 4.79 Å². The number of urea groups is 1. The van der Waals surface area contributed by atoms with E-state index in [0.29, 0.717) is 11.4 Å². The van der Waals surface area contributed by atoms with E-state index in [1.807, 2.05) is 18.2 Å². The third-order valence-electron chi connectivity index (χ3n) is 4.30. The fourth-order valence-electron chi connectivity index (χ4n) is 2.68. The number of carbonyl (C=O) groups excluding carboxylic acids is 2. The van der Waals surface area contributed by atoms with E-state index in [4.69, 9.17) is 16.7 Å². The highest BCUT2D eigenvalue weighted by molar-refractivity contribution is 8.00. The summed E-state index contributed by atoms with van der Waals surface area (Å²) in [6.45, 7) is 1.73. The maximum absolute atomic E-state index is 12.5. The van der Waals surface area contributed by atoms with Gasteiger partial charge in [0.15, 0.2) is 0 Å². The van der Waals surface area contributed by atoms with Crippen molar-refractivity contribution in [1.82, 2.24) is 0 Å². The van der Waals surface area contributed by atoms with Crippen LogP contribution in [0.3, 0.4) is 0 Å². The third kappa shape index (κ3) is 6.50. The van der Waals surface area contributed by atoms with Crippen molar-refractivity contribution in [1.29, 1.82) is 0 Å². The number of nitrogens with one attached hydrogen (secondary N) is 3. The number of halogens is 1. The van der Waals surface area contributed by atoms with E-state index in [1.165, 1.54) is 30.0 Å². The number of carboxylic acid groups (broad SMARTS) is 1. The molecule has 0 aliphatic carbocycles. The number of para-hydroxylation sites is 1. The SMILES string of the molecule is CC(Sc1ccc(NC(=O)Nc2ccccc2)cc1)C(=O)Nc1cc(C(=O)O)ccc1Cl. The largest absolute Gasteiger partial charge is 0.478 e. The predicted octanol–water partition coefficient (Wildman–Crippen LogP) is 5.80. The second-order valence-electron chi connectivity index (χ2n) is 6.72. The van der Waals surface area contributed by atoms with Crippen LogP contribution >= 0.6 is 23.4 Å². The van der Waals surface area contributed by atoms with Crippen molar-refractivity contribution in [2.75, 3.05) is 16.0 Å². The van der Waals surface area contributed by atoms with Crippen molar-refractivity contribution in [3.05, 3.63) is 83.4 Å². The van der Waals surface area contributed by atoms with Gasteiger partial charge < -0.3 is 21.1 Å². The number of thioether (sulfide) groups is 1. The van der Waals surface area contributed by atoms with Crippen LogP contribution in [0.2, 0.25) is 5.02 Å². The highest BCUT2D eigenvalue weighted by Gasteiger charge is 2.17. The van der Waals surface area contributed by atoms with Crippen LogP contribution in [0, 0.1) is 0 Å². The summed E-state index contributed by atoms with van der Waals surface area (Å²) in [6.07, 6.45) is 0. The molecule has 0 fully saturated rings. The second kappa shape index (κ2) is 10.7. The van der Waals surface area contributed by atoms with Crippen LogP contribution in [0.1, 0.15) is 17.3 Å². The quantitative estimate of drug-likeness (QED) is 0.327. The Bertz CT molecular complexity index is 1120. The summed E-state index contributed by atoms with van der Waals surface area (Å²) >= 11 is 7.38. The summed E-state index contributed by atoms with van der Waals surface area (Å²) in [6, 6.07) is 19.9. The van der Waals surface area contributed by atoms with Gasteiger partial charge in [0.2, 0.25) is 5.91 Å². The van der Waals surface area contributed by atoms with Gasteiger partial charge in [-0.2, -0.15) is 0 Å². The molecule has 0 radical (unpaired) electrons. The van der Waals surface area contributed by atoms with E-state index >= 15 is 0 Å². The molecular formula is C23H20ClN3O4S. The fraction of sp³-hybridized carbons (Fsp3) is 0.0870. The molecule has 0 saturated carbocycles. The van der Waals surface area contributed by atoms with Crippen molar-refractivity contribution in [3.8, 4) is 0 Å². The van der Waals surface area contributed by atoms with Gasteiger partial charge in [-0.15, -0.1) is 11.8 Å². The maximum Gasteiger partial charge on any atom is 0.335 e. The average molecular weight is 470 g/mol. The minimum atomic E-state index is -1.11. The van der Waals surface area contributed by atoms with Crippen LogP contribution in [0.5, 0.6) is 0 Å². The molecule has 164 valence electrons. The van der Waals surface area contributed by atoms with E-state index in [2.05, 4.69) is 16.0 Å². The molecular weight excluding hydrogens is 450 g/mol. The number of benzene rings is 3. The molecule has 3 amide bonds. The van der Waals surface area contributed by atoms with Crippen LogP contribution in [-0.4, -0.2) is 28.3 Å². The Morgan fingerprint density at radius 2 is 1.50 bits per heavy atom. The lowest BCUT2D eigenvalue weighted by atomic mass is 10.2. The predicted molar refractivity (Wildman–Crippen MR) is 128 cm³/mol. The van der Waals surface area contributed by atoms with Gasteiger partial charge in [-0.3, -0.25) is 4.79 Å². The van der Waals surface area contributed by atoms with Crippen molar-refractivity contribution in [3.63, 3.8) is 0 Å².